The van der Waals surface area contributed by atoms with Gasteiger partial charge in [0.05, 0.1) is 6.61 Å². The van der Waals surface area contributed by atoms with Crippen LogP contribution in [0.5, 0.6) is 0 Å². The minimum atomic E-state index is 0. The molecule has 0 saturated carbocycles. The smallest absolute Gasteiger partial charge is 0.191 e. The molecule has 2 fully saturated rings. The second kappa shape index (κ2) is 8.94. The maximum absolute atomic E-state index is 6.13. The molecule has 0 bridgehead atoms. The molecule has 23 heavy (non-hydrogen) atoms. The van der Waals surface area contributed by atoms with Gasteiger partial charge in [-0.05, 0) is 30.7 Å². The third-order valence-electron chi connectivity index (χ3n) is 4.33. The fraction of sp³-hybridized carbons (Fsp3) is 0.562. The molecule has 1 unspecified atom stereocenters. The molecule has 2 aliphatic rings. The lowest BCUT2D eigenvalue weighted by molar-refractivity contribution is 0.187. The lowest BCUT2D eigenvalue weighted by Gasteiger charge is -2.36. The number of hydrogen-bond donors (Lipinski definition) is 1. The Hall–Kier alpha value is -0.730. The number of ether oxygens (including phenoxy) is 1. The zero-order valence-corrected chi connectivity index (χ0v) is 16.2. The van der Waals surface area contributed by atoms with Gasteiger partial charge in [0.2, 0.25) is 0 Å². The van der Waals surface area contributed by atoms with Crippen molar-refractivity contribution in [1.82, 2.24) is 4.90 Å². The molecule has 3 rings (SSSR count). The van der Waals surface area contributed by atoms with Gasteiger partial charge in [0.1, 0.15) is 0 Å². The predicted octanol–water partition coefficient (Wildman–Crippen LogP) is 2.43. The first-order chi connectivity index (χ1) is 10.7. The summed E-state index contributed by atoms with van der Waals surface area (Å²) in [6.07, 6.45) is 1.10. The first-order valence-corrected chi connectivity index (χ1v) is 8.23. The van der Waals surface area contributed by atoms with E-state index >= 15 is 0 Å². The summed E-state index contributed by atoms with van der Waals surface area (Å²) in [4.78, 5) is 9.06. The van der Waals surface area contributed by atoms with Crippen molar-refractivity contribution < 1.29 is 4.74 Å². The van der Waals surface area contributed by atoms with Crippen LogP contribution in [0.15, 0.2) is 29.3 Å². The molecule has 2 N–H and O–H groups in total. The molecule has 0 amide bonds. The number of guanidine groups is 1. The Morgan fingerprint density at radius 2 is 1.91 bits per heavy atom. The van der Waals surface area contributed by atoms with E-state index in [-0.39, 0.29) is 24.0 Å². The second-order valence-corrected chi connectivity index (χ2v) is 6.32. The molecule has 0 aliphatic carbocycles. The molecule has 2 heterocycles. The lowest BCUT2D eigenvalue weighted by Crippen LogP contribution is -2.51. The topological polar surface area (TPSA) is 54.1 Å². The van der Waals surface area contributed by atoms with E-state index in [1.807, 2.05) is 12.1 Å². The van der Waals surface area contributed by atoms with Crippen molar-refractivity contribution in [3.8, 4) is 0 Å². The number of rotatable bonds is 3. The summed E-state index contributed by atoms with van der Waals surface area (Å²) in [7, 11) is 0. The van der Waals surface area contributed by atoms with Crippen LogP contribution in [0.1, 0.15) is 6.42 Å². The Morgan fingerprint density at radius 1 is 1.22 bits per heavy atom. The van der Waals surface area contributed by atoms with Crippen molar-refractivity contribution >= 4 is 47.2 Å². The van der Waals surface area contributed by atoms with Crippen molar-refractivity contribution in [2.75, 3.05) is 50.8 Å². The van der Waals surface area contributed by atoms with Crippen LogP contribution in [0.25, 0.3) is 0 Å². The molecule has 2 aliphatic heterocycles. The van der Waals surface area contributed by atoms with Crippen molar-refractivity contribution in [2.45, 2.75) is 6.42 Å². The van der Waals surface area contributed by atoms with E-state index in [4.69, 9.17) is 22.1 Å². The maximum Gasteiger partial charge on any atom is 0.191 e. The SMILES string of the molecule is I.NC(=NCC1CCOC1)N1CCN(c2ccc(Cl)cc2)CC1. The van der Waals surface area contributed by atoms with Crippen molar-refractivity contribution in [1.29, 1.82) is 0 Å². The summed E-state index contributed by atoms with van der Waals surface area (Å²) in [5.74, 6) is 1.21. The van der Waals surface area contributed by atoms with Gasteiger partial charge in [-0.3, -0.25) is 4.99 Å². The molecular formula is C16H24ClIN4O. The van der Waals surface area contributed by atoms with Crippen LogP contribution in [0.3, 0.4) is 0 Å². The zero-order chi connectivity index (χ0) is 15.4. The van der Waals surface area contributed by atoms with Crippen LogP contribution in [0.4, 0.5) is 5.69 Å². The second-order valence-electron chi connectivity index (χ2n) is 5.88. The molecule has 7 heteroatoms. The predicted molar refractivity (Wildman–Crippen MR) is 106 cm³/mol. The number of hydrogen-bond acceptors (Lipinski definition) is 3. The van der Waals surface area contributed by atoms with Gasteiger partial charge in [0.15, 0.2) is 5.96 Å². The molecule has 0 spiro atoms. The Labute approximate surface area is 159 Å². The van der Waals surface area contributed by atoms with E-state index in [0.29, 0.717) is 11.9 Å². The standard InChI is InChI=1S/C16H23ClN4O.HI/c17-14-1-3-15(4-2-14)20-6-8-21(9-7-20)16(18)19-11-13-5-10-22-12-13;/h1-4,13H,5-12H2,(H2,18,19);1H. The minimum Gasteiger partial charge on any atom is -0.381 e. The van der Waals surface area contributed by atoms with Gasteiger partial charge < -0.3 is 20.3 Å². The summed E-state index contributed by atoms with van der Waals surface area (Å²) in [5, 5.41) is 0.773. The van der Waals surface area contributed by atoms with Crippen molar-refractivity contribution in [3.05, 3.63) is 29.3 Å². The Morgan fingerprint density at radius 3 is 2.52 bits per heavy atom. The van der Waals surface area contributed by atoms with Crippen LogP contribution >= 0.6 is 35.6 Å². The molecule has 1 aromatic rings. The van der Waals surface area contributed by atoms with Gasteiger partial charge in [-0.15, -0.1) is 24.0 Å². The quantitative estimate of drug-likeness (QED) is 0.437. The van der Waals surface area contributed by atoms with Gasteiger partial charge in [0, 0.05) is 56.0 Å². The average Bonchev–Trinajstić information content (AvgIpc) is 3.07. The van der Waals surface area contributed by atoms with Crippen molar-refractivity contribution in [3.63, 3.8) is 0 Å². The minimum absolute atomic E-state index is 0. The Bertz CT molecular complexity index is 511. The van der Waals surface area contributed by atoms with Crippen LogP contribution in [0.2, 0.25) is 5.02 Å². The summed E-state index contributed by atoms with van der Waals surface area (Å²) < 4.78 is 5.37. The third kappa shape index (κ3) is 5.12. The Balaban J connectivity index is 0.00000192. The molecule has 1 atom stereocenters. The van der Waals surface area contributed by atoms with E-state index in [0.717, 1.165) is 57.4 Å². The highest BCUT2D eigenvalue weighted by Gasteiger charge is 2.20. The zero-order valence-electron chi connectivity index (χ0n) is 13.2. The van der Waals surface area contributed by atoms with Gasteiger partial charge in [-0.25, -0.2) is 0 Å². The van der Waals surface area contributed by atoms with Crippen LogP contribution in [0, 0.1) is 5.92 Å². The first kappa shape index (κ1) is 18.6. The van der Waals surface area contributed by atoms with E-state index in [2.05, 4.69) is 26.9 Å². The first-order valence-electron chi connectivity index (χ1n) is 7.85. The molecular weight excluding hydrogens is 427 g/mol. The number of benzene rings is 1. The number of nitrogens with zero attached hydrogens (tertiary/aromatic N) is 3. The highest BCUT2D eigenvalue weighted by Crippen LogP contribution is 2.19. The summed E-state index contributed by atoms with van der Waals surface area (Å²) >= 11 is 5.94. The molecule has 1 aromatic carbocycles. The van der Waals surface area contributed by atoms with Crippen LogP contribution in [-0.2, 0) is 4.74 Å². The Kier molecular flexibility index (Phi) is 7.23. The molecule has 2 saturated heterocycles. The highest BCUT2D eigenvalue weighted by molar-refractivity contribution is 14.0. The summed E-state index contributed by atoms with van der Waals surface area (Å²) in [6, 6.07) is 8.00. The van der Waals surface area contributed by atoms with Gasteiger partial charge in [-0.2, -0.15) is 0 Å². The maximum atomic E-state index is 6.13. The van der Waals surface area contributed by atoms with Gasteiger partial charge in [0.25, 0.3) is 0 Å². The fourth-order valence-electron chi connectivity index (χ4n) is 2.90. The van der Waals surface area contributed by atoms with E-state index in [1.165, 1.54) is 5.69 Å². The summed E-state index contributed by atoms with van der Waals surface area (Å²) in [6.45, 7) is 6.16. The van der Waals surface area contributed by atoms with E-state index in [9.17, 15) is 0 Å². The third-order valence-corrected chi connectivity index (χ3v) is 4.58. The molecule has 0 radical (unpaired) electrons. The number of piperazine rings is 1. The highest BCUT2D eigenvalue weighted by atomic mass is 127. The van der Waals surface area contributed by atoms with E-state index in [1.54, 1.807) is 0 Å². The van der Waals surface area contributed by atoms with Crippen molar-refractivity contribution in [2.24, 2.45) is 16.6 Å². The number of halogens is 2. The normalized spacial score (nSPS) is 22.1. The number of anilines is 1. The number of aliphatic imine (C=N–C) groups is 1. The van der Waals surface area contributed by atoms with Gasteiger partial charge in [-0.1, -0.05) is 11.6 Å². The molecule has 0 aromatic heterocycles. The van der Waals surface area contributed by atoms with Crippen LogP contribution < -0.4 is 10.6 Å². The van der Waals surface area contributed by atoms with Gasteiger partial charge >= 0.3 is 0 Å². The summed E-state index contributed by atoms with van der Waals surface area (Å²) in [5.41, 5.74) is 7.34. The number of nitrogens with two attached hydrogens (primary N) is 1. The average molecular weight is 451 g/mol. The van der Waals surface area contributed by atoms with Crippen LogP contribution in [-0.4, -0.2) is 56.8 Å². The van der Waals surface area contributed by atoms with E-state index < -0.39 is 0 Å². The molecule has 128 valence electrons. The monoisotopic (exact) mass is 450 g/mol. The molecule has 5 nitrogen and oxygen atoms in total. The fourth-order valence-corrected chi connectivity index (χ4v) is 3.02. The lowest BCUT2D eigenvalue weighted by atomic mass is 10.1. The largest absolute Gasteiger partial charge is 0.381 e.